The Hall–Kier alpha value is -1.65. The van der Waals surface area contributed by atoms with Gasteiger partial charge in [-0.2, -0.15) is 0 Å². The third-order valence-corrected chi connectivity index (χ3v) is 3.10. The van der Waals surface area contributed by atoms with Gasteiger partial charge in [0.15, 0.2) is 0 Å². The summed E-state index contributed by atoms with van der Waals surface area (Å²) in [6.45, 7) is 4.89. The average Bonchev–Trinajstić information content (AvgIpc) is 2.68. The molecule has 5 heteroatoms. The first-order valence-corrected chi connectivity index (χ1v) is 5.98. The van der Waals surface area contributed by atoms with Crippen LogP contribution in [0.1, 0.15) is 32.6 Å². The molecule has 0 radical (unpaired) electrons. The van der Waals surface area contributed by atoms with E-state index in [9.17, 15) is 14.4 Å². The van der Waals surface area contributed by atoms with Gasteiger partial charge < -0.3 is 9.47 Å². The fourth-order valence-electron chi connectivity index (χ4n) is 2.15. The molecular formula is C13H18O5. The quantitative estimate of drug-likeness (QED) is 0.407. The molecule has 0 saturated heterocycles. The van der Waals surface area contributed by atoms with E-state index in [1.165, 1.54) is 13.0 Å². The highest BCUT2D eigenvalue weighted by Crippen LogP contribution is 2.39. The third kappa shape index (κ3) is 3.18. The number of hydrogen-bond acceptors (Lipinski definition) is 5. The third-order valence-electron chi connectivity index (χ3n) is 3.10. The lowest BCUT2D eigenvalue weighted by molar-refractivity contribution is -0.161. The predicted molar refractivity (Wildman–Crippen MR) is 63.7 cm³/mol. The van der Waals surface area contributed by atoms with E-state index in [4.69, 9.17) is 9.47 Å². The van der Waals surface area contributed by atoms with Crippen LogP contribution in [0.15, 0.2) is 12.7 Å². The summed E-state index contributed by atoms with van der Waals surface area (Å²) in [4.78, 5) is 34.6. The summed E-state index contributed by atoms with van der Waals surface area (Å²) < 4.78 is 9.80. The van der Waals surface area contributed by atoms with E-state index in [0.29, 0.717) is 19.3 Å². The largest absolute Gasteiger partial charge is 0.466 e. The smallest absolute Gasteiger partial charge is 0.320 e. The molecule has 1 atom stereocenters. The second-order valence-electron chi connectivity index (χ2n) is 4.34. The molecule has 1 fully saturated rings. The second-order valence-corrected chi connectivity index (χ2v) is 4.34. The average molecular weight is 254 g/mol. The van der Waals surface area contributed by atoms with Gasteiger partial charge in [0, 0.05) is 19.8 Å². The van der Waals surface area contributed by atoms with Crippen molar-refractivity contribution in [1.29, 1.82) is 0 Å². The number of ketones is 1. The molecule has 0 bridgehead atoms. The molecule has 1 rings (SSSR count). The Kier molecular flexibility index (Phi) is 5.07. The summed E-state index contributed by atoms with van der Waals surface area (Å²) in [6.07, 6.45) is 3.16. The Morgan fingerprint density at radius 3 is 2.67 bits per heavy atom. The van der Waals surface area contributed by atoms with Gasteiger partial charge in [-0.1, -0.05) is 12.7 Å². The van der Waals surface area contributed by atoms with Crippen molar-refractivity contribution in [3.8, 4) is 0 Å². The van der Waals surface area contributed by atoms with Crippen LogP contribution in [0.5, 0.6) is 0 Å². The van der Waals surface area contributed by atoms with E-state index in [-0.39, 0.29) is 25.4 Å². The van der Waals surface area contributed by atoms with Gasteiger partial charge in [0.2, 0.25) is 0 Å². The number of ether oxygens (including phenoxy) is 2. The van der Waals surface area contributed by atoms with Crippen LogP contribution in [0.3, 0.4) is 0 Å². The molecule has 0 amide bonds. The van der Waals surface area contributed by atoms with Crippen LogP contribution in [0.4, 0.5) is 0 Å². The zero-order chi connectivity index (χ0) is 13.6. The van der Waals surface area contributed by atoms with E-state index < -0.39 is 17.4 Å². The van der Waals surface area contributed by atoms with E-state index in [2.05, 4.69) is 6.58 Å². The molecule has 0 aromatic rings. The molecule has 0 aromatic carbocycles. The molecule has 100 valence electrons. The standard InChI is InChI=1S/C13H18O5/c1-3-8-18-12(16)13(6-4-5-11(13)15)7-9-17-10(2)14/h3H,1,4-9H2,2H3. The molecule has 5 nitrogen and oxygen atoms in total. The summed E-state index contributed by atoms with van der Waals surface area (Å²) in [5.74, 6) is -1.07. The van der Waals surface area contributed by atoms with Gasteiger partial charge in [-0.05, 0) is 12.8 Å². The van der Waals surface area contributed by atoms with Crippen molar-refractivity contribution in [2.75, 3.05) is 13.2 Å². The minimum absolute atomic E-state index is 0.0598. The monoisotopic (exact) mass is 254 g/mol. The van der Waals surface area contributed by atoms with E-state index in [1.54, 1.807) is 0 Å². The van der Waals surface area contributed by atoms with E-state index in [1.807, 2.05) is 0 Å². The first-order valence-electron chi connectivity index (χ1n) is 5.98. The van der Waals surface area contributed by atoms with Crippen molar-refractivity contribution in [2.45, 2.75) is 32.6 Å². The normalized spacial score (nSPS) is 22.6. The van der Waals surface area contributed by atoms with E-state index in [0.717, 1.165) is 0 Å². The molecule has 0 aromatic heterocycles. The first kappa shape index (κ1) is 14.4. The maximum atomic E-state index is 12.0. The second kappa shape index (κ2) is 6.33. The number of Topliss-reactive ketones (excluding diaryl/α,β-unsaturated/α-hetero) is 1. The summed E-state index contributed by atoms with van der Waals surface area (Å²) in [5.41, 5.74) is -1.13. The van der Waals surface area contributed by atoms with Crippen molar-refractivity contribution in [3.63, 3.8) is 0 Å². The van der Waals surface area contributed by atoms with Crippen molar-refractivity contribution in [2.24, 2.45) is 5.41 Å². The molecule has 0 heterocycles. The molecule has 18 heavy (non-hydrogen) atoms. The van der Waals surface area contributed by atoms with Gasteiger partial charge in [-0.3, -0.25) is 14.4 Å². The molecular weight excluding hydrogens is 236 g/mol. The summed E-state index contributed by atoms with van der Waals surface area (Å²) >= 11 is 0. The van der Waals surface area contributed by atoms with Crippen molar-refractivity contribution in [1.82, 2.24) is 0 Å². The van der Waals surface area contributed by atoms with Crippen LogP contribution in [0.25, 0.3) is 0 Å². The minimum atomic E-state index is -1.13. The lowest BCUT2D eigenvalue weighted by Crippen LogP contribution is -2.38. The van der Waals surface area contributed by atoms with Crippen molar-refractivity contribution < 1.29 is 23.9 Å². The maximum absolute atomic E-state index is 12.0. The molecule has 1 unspecified atom stereocenters. The van der Waals surface area contributed by atoms with Crippen LogP contribution in [-0.4, -0.2) is 30.9 Å². The Bertz CT molecular complexity index is 360. The van der Waals surface area contributed by atoms with Crippen LogP contribution >= 0.6 is 0 Å². The van der Waals surface area contributed by atoms with Gasteiger partial charge in [0.1, 0.15) is 17.8 Å². The minimum Gasteiger partial charge on any atom is -0.466 e. The van der Waals surface area contributed by atoms with Gasteiger partial charge in [-0.15, -0.1) is 0 Å². The van der Waals surface area contributed by atoms with Crippen molar-refractivity contribution in [3.05, 3.63) is 12.7 Å². The Morgan fingerprint density at radius 2 is 2.17 bits per heavy atom. The summed E-state index contributed by atoms with van der Waals surface area (Å²) in [7, 11) is 0. The molecule has 1 saturated carbocycles. The lowest BCUT2D eigenvalue weighted by Gasteiger charge is -2.24. The highest BCUT2D eigenvalue weighted by molar-refractivity contribution is 6.05. The molecule has 1 aliphatic rings. The SMILES string of the molecule is C=CCOC(=O)C1(CCOC(C)=O)CCCC1=O. The van der Waals surface area contributed by atoms with Gasteiger partial charge in [0.25, 0.3) is 0 Å². The van der Waals surface area contributed by atoms with Gasteiger partial charge in [-0.25, -0.2) is 0 Å². The van der Waals surface area contributed by atoms with Gasteiger partial charge in [0.05, 0.1) is 6.61 Å². The highest BCUT2D eigenvalue weighted by atomic mass is 16.5. The summed E-state index contributed by atoms with van der Waals surface area (Å²) in [5, 5.41) is 0. The predicted octanol–water partition coefficient (Wildman–Crippen LogP) is 1.41. The van der Waals surface area contributed by atoms with Crippen LogP contribution in [0, 0.1) is 5.41 Å². The number of rotatable bonds is 6. The molecule has 1 aliphatic carbocycles. The summed E-state index contributed by atoms with van der Waals surface area (Å²) in [6, 6.07) is 0. The Labute approximate surface area is 106 Å². The number of carbonyl (C=O) groups excluding carboxylic acids is 3. The first-order chi connectivity index (χ1) is 8.53. The Balaban J connectivity index is 2.69. The van der Waals surface area contributed by atoms with Crippen LogP contribution in [-0.2, 0) is 23.9 Å². The van der Waals surface area contributed by atoms with Crippen molar-refractivity contribution >= 4 is 17.7 Å². The number of hydrogen-bond donors (Lipinski definition) is 0. The number of carbonyl (C=O) groups is 3. The zero-order valence-electron chi connectivity index (χ0n) is 10.6. The van der Waals surface area contributed by atoms with Crippen LogP contribution < -0.4 is 0 Å². The fourth-order valence-corrected chi connectivity index (χ4v) is 2.15. The molecule has 0 N–H and O–H groups in total. The van der Waals surface area contributed by atoms with Gasteiger partial charge >= 0.3 is 11.9 Å². The van der Waals surface area contributed by atoms with E-state index >= 15 is 0 Å². The fraction of sp³-hybridized carbons (Fsp3) is 0.615. The van der Waals surface area contributed by atoms with Crippen LogP contribution in [0.2, 0.25) is 0 Å². The zero-order valence-corrected chi connectivity index (χ0v) is 10.6. The highest BCUT2D eigenvalue weighted by Gasteiger charge is 2.49. The Morgan fingerprint density at radius 1 is 1.44 bits per heavy atom. The topological polar surface area (TPSA) is 69.7 Å². The number of esters is 2. The molecule has 0 aliphatic heterocycles. The lowest BCUT2D eigenvalue weighted by atomic mass is 9.82. The maximum Gasteiger partial charge on any atom is 0.320 e. The molecule has 0 spiro atoms.